The molecule has 2 rings (SSSR count). The average molecular weight is 240 g/mol. The molecule has 1 aliphatic rings. The summed E-state index contributed by atoms with van der Waals surface area (Å²) in [6.07, 6.45) is 1.04. The molecule has 0 aliphatic carbocycles. The van der Waals surface area contributed by atoms with E-state index < -0.39 is 18.3 Å². The fraction of sp³-hybridized carbons (Fsp3) is 0.583. The topological polar surface area (TPSA) is 73.8 Å². The van der Waals surface area contributed by atoms with Gasteiger partial charge in [-0.05, 0) is 12.5 Å². The van der Waals surface area contributed by atoms with Gasteiger partial charge in [-0.15, -0.1) is 0 Å². The Kier molecular flexibility index (Phi) is 3.73. The van der Waals surface area contributed by atoms with Gasteiger partial charge in [0.05, 0.1) is 19.1 Å². The van der Waals surface area contributed by atoms with Crippen LogP contribution < -0.4 is 4.57 Å². The second-order valence-electron chi connectivity index (χ2n) is 4.43. The van der Waals surface area contributed by atoms with E-state index in [0.29, 0.717) is 6.42 Å². The van der Waals surface area contributed by atoms with Gasteiger partial charge in [0.2, 0.25) is 0 Å². The third kappa shape index (κ3) is 2.63. The predicted octanol–water partition coefficient (Wildman–Crippen LogP) is -0.716. The van der Waals surface area contributed by atoms with Crippen LogP contribution in [0, 0.1) is 6.92 Å². The van der Waals surface area contributed by atoms with Crippen molar-refractivity contribution in [1.29, 1.82) is 0 Å². The summed E-state index contributed by atoms with van der Waals surface area (Å²) in [6, 6.07) is 3.88. The van der Waals surface area contributed by atoms with Gasteiger partial charge < -0.3 is 20.1 Å². The van der Waals surface area contributed by atoms with Crippen LogP contribution in [0.3, 0.4) is 0 Å². The second kappa shape index (κ2) is 5.10. The van der Waals surface area contributed by atoms with E-state index in [1.165, 1.54) is 0 Å². The van der Waals surface area contributed by atoms with Crippen molar-refractivity contribution in [2.75, 3.05) is 6.61 Å². The molecule has 0 spiro atoms. The maximum absolute atomic E-state index is 9.71. The van der Waals surface area contributed by atoms with E-state index >= 15 is 0 Å². The quantitative estimate of drug-likeness (QED) is 0.597. The van der Waals surface area contributed by atoms with Crippen LogP contribution in [0.15, 0.2) is 24.5 Å². The fourth-order valence-corrected chi connectivity index (χ4v) is 1.98. The van der Waals surface area contributed by atoms with Crippen LogP contribution in [-0.4, -0.2) is 40.2 Å². The summed E-state index contributed by atoms with van der Waals surface area (Å²) >= 11 is 0. The molecule has 1 aromatic heterocycles. The van der Waals surface area contributed by atoms with Crippen molar-refractivity contribution in [2.45, 2.75) is 37.9 Å². The average Bonchev–Trinajstić information content (AvgIpc) is 2.33. The third-order valence-corrected chi connectivity index (χ3v) is 3.08. The molecule has 0 aromatic carbocycles. The highest BCUT2D eigenvalue weighted by Crippen LogP contribution is 2.23. The van der Waals surface area contributed by atoms with Crippen molar-refractivity contribution in [3.8, 4) is 0 Å². The predicted molar refractivity (Wildman–Crippen MR) is 59.0 cm³/mol. The molecular formula is C12H18NO4+. The summed E-state index contributed by atoms with van der Waals surface area (Å²) in [4.78, 5) is 0. The number of aromatic nitrogens is 1. The number of aliphatic hydroxyl groups excluding tert-OH is 3. The molecule has 0 bridgehead atoms. The molecule has 3 N–H and O–H groups in total. The van der Waals surface area contributed by atoms with Crippen LogP contribution in [0.1, 0.15) is 18.2 Å². The minimum absolute atomic E-state index is 0.304. The maximum atomic E-state index is 9.71. The zero-order valence-electron chi connectivity index (χ0n) is 9.73. The van der Waals surface area contributed by atoms with Gasteiger partial charge in [0, 0.05) is 12.1 Å². The lowest BCUT2D eigenvalue weighted by Crippen LogP contribution is -2.54. The van der Waals surface area contributed by atoms with Crippen molar-refractivity contribution in [3.63, 3.8) is 0 Å². The molecule has 0 unspecified atom stereocenters. The first-order valence-corrected chi connectivity index (χ1v) is 5.71. The molecule has 0 radical (unpaired) electrons. The summed E-state index contributed by atoms with van der Waals surface area (Å²) in [5.41, 5.74) is 1.14. The lowest BCUT2D eigenvalue weighted by atomic mass is 10.0. The van der Waals surface area contributed by atoms with E-state index in [4.69, 9.17) is 9.84 Å². The van der Waals surface area contributed by atoms with Gasteiger partial charge in [-0.2, -0.15) is 4.57 Å². The van der Waals surface area contributed by atoms with E-state index in [0.717, 1.165) is 5.56 Å². The number of aliphatic hydroxyl groups is 3. The molecule has 5 heteroatoms. The van der Waals surface area contributed by atoms with Crippen LogP contribution in [0.25, 0.3) is 0 Å². The Balaban J connectivity index is 2.14. The van der Waals surface area contributed by atoms with Crippen LogP contribution in [0.2, 0.25) is 0 Å². The Hall–Kier alpha value is -1.01. The Morgan fingerprint density at radius 1 is 1.35 bits per heavy atom. The van der Waals surface area contributed by atoms with Crippen LogP contribution in [0.5, 0.6) is 0 Å². The standard InChI is InChI=1S/C12H18NO4/c1-8-2-4-13(5-3-8)11-6-9(15)12(16)10(7-14)17-11/h2-5,9-12,14-16H,6-7H2,1H3/q+1/t9-,10-,11+,12+/m1/s1. The molecule has 2 heterocycles. The normalized spacial score (nSPS) is 33.6. The monoisotopic (exact) mass is 240 g/mol. The summed E-state index contributed by atoms with van der Waals surface area (Å²) in [7, 11) is 0. The molecule has 94 valence electrons. The number of aryl methyl sites for hydroxylation is 1. The molecule has 1 saturated heterocycles. The van der Waals surface area contributed by atoms with E-state index in [1.807, 2.05) is 36.0 Å². The van der Waals surface area contributed by atoms with Gasteiger partial charge >= 0.3 is 0 Å². The van der Waals surface area contributed by atoms with Crippen molar-refractivity contribution < 1.29 is 24.6 Å². The largest absolute Gasteiger partial charge is 0.394 e. The molecule has 4 atom stereocenters. The summed E-state index contributed by atoms with van der Waals surface area (Å²) in [6.45, 7) is 1.68. The number of hydrogen-bond acceptors (Lipinski definition) is 4. The SMILES string of the molecule is Cc1cc[n+]([C@@H]2C[C@@H](O)[C@H](O)[C@@H](CO)O2)cc1. The Morgan fingerprint density at radius 3 is 2.59 bits per heavy atom. The zero-order chi connectivity index (χ0) is 12.4. The van der Waals surface area contributed by atoms with Crippen LogP contribution >= 0.6 is 0 Å². The fourth-order valence-electron chi connectivity index (χ4n) is 1.98. The van der Waals surface area contributed by atoms with Gasteiger partial charge in [-0.1, -0.05) is 0 Å². The van der Waals surface area contributed by atoms with Gasteiger partial charge in [-0.25, -0.2) is 0 Å². The smallest absolute Gasteiger partial charge is 0.265 e. The number of hydrogen-bond donors (Lipinski definition) is 3. The number of nitrogens with zero attached hydrogens (tertiary/aromatic N) is 1. The second-order valence-corrected chi connectivity index (χ2v) is 4.43. The van der Waals surface area contributed by atoms with Crippen molar-refractivity contribution in [3.05, 3.63) is 30.1 Å². The summed E-state index contributed by atoms with van der Waals surface area (Å²) in [5.74, 6) is 0. The van der Waals surface area contributed by atoms with E-state index in [1.54, 1.807) is 0 Å². The minimum atomic E-state index is -1.03. The molecule has 1 fully saturated rings. The molecule has 0 saturated carbocycles. The number of rotatable bonds is 2. The Morgan fingerprint density at radius 2 is 2.00 bits per heavy atom. The molecule has 5 nitrogen and oxygen atoms in total. The zero-order valence-corrected chi connectivity index (χ0v) is 9.73. The third-order valence-electron chi connectivity index (χ3n) is 3.08. The van der Waals surface area contributed by atoms with Crippen molar-refractivity contribution >= 4 is 0 Å². The maximum Gasteiger partial charge on any atom is 0.265 e. The van der Waals surface area contributed by atoms with E-state index in [-0.39, 0.29) is 12.8 Å². The first-order chi connectivity index (χ1) is 8.11. The highest BCUT2D eigenvalue weighted by atomic mass is 16.5. The highest BCUT2D eigenvalue weighted by molar-refractivity contribution is 5.03. The lowest BCUT2D eigenvalue weighted by molar-refractivity contribution is -0.770. The molecule has 1 aliphatic heterocycles. The number of pyridine rings is 1. The highest BCUT2D eigenvalue weighted by Gasteiger charge is 2.40. The Bertz CT molecular complexity index is 367. The minimum Gasteiger partial charge on any atom is -0.394 e. The first-order valence-electron chi connectivity index (χ1n) is 5.71. The molecular weight excluding hydrogens is 222 g/mol. The van der Waals surface area contributed by atoms with Crippen LogP contribution in [-0.2, 0) is 4.74 Å². The molecule has 0 amide bonds. The summed E-state index contributed by atoms with van der Waals surface area (Å²) < 4.78 is 7.37. The summed E-state index contributed by atoms with van der Waals surface area (Å²) in [5, 5.41) is 28.4. The first kappa shape index (κ1) is 12.4. The van der Waals surface area contributed by atoms with Crippen molar-refractivity contribution in [1.82, 2.24) is 0 Å². The van der Waals surface area contributed by atoms with Crippen LogP contribution in [0.4, 0.5) is 0 Å². The molecule has 1 aromatic rings. The van der Waals surface area contributed by atoms with Crippen molar-refractivity contribution in [2.24, 2.45) is 0 Å². The van der Waals surface area contributed by atoms with Gasteiger partial charge in [0.15, 0.2) is 12.4 Å². The molecule has 17 heavy (non-hydrogen) atoms. The lowest BCUT2D eigenvalue weighted by Gasteiger charge is -2.33. The Labute approximate surface area is 99.9 Å². The van der Waals surface area contributed by atoms with E-state index in [9.17, 15) is 10.2 Å². The number of ether oxygens (including phenoxy) is 1. The van der Waals surface area contributed by atoms with Gasteiger partial charge in [-0.3, -0.25) is 0 Å². The van der Waals surface area contributed by atoms with E-state index in [2.05, 4.69) is 0 Å². The van der Waals surface area contributed by atoms with Gasteiger partial charge in [0.25, 0.3) is 6.23 Å². The van der Waals surface area contributed by atoms with Gasteiger partial charge in [0.1, 0.15) is 12.2 Å².